The number of alkyl halides is 2. The molecule has 1 aliphatic carbocycles. The quantitative estimate of drug-likeness (QED) is 0.510. The fraction of sp³-hybridized carbons (Fsp3) is 0.615. The first-order valence-corrected chi connectivity index (χ1v) is 11.7. The molecule has 2 aliphatic heterocycles. The number of hydrogen-bond donors (Lipinski definition) is 1. The molecule has 1 aromatic carbocycles. The summed E-state index contributed by atoms with van der Waals surface area (Å²) in [6.07, 6.45) is 8.67. The fourth-order valence-corrected chi connectivity index (χ4v) is 5.47. The normalized spacial score (nSPS) is 26.4. The summed E-state index contributed by atoms with van der Waals surface area (Å²) in [6.45, 7) is 16.8. The Bertz CT molecular complexity index is 818. The molecule has 1 saturated heterocycles. The number of allylic oxidation sites excluding steroid dienone is 1. The van der Waals surface area contributed by atoms with Gasteiger partial charge in [-0.15, -0.1) is 0 Å². The van der Waals surface area contributed by atoms with Crippen molar-refractivity contribution in [2.45, 2.75) is 91.7 Å². The zero-order valence-corrected chi connectivity index (χ0v) is 19.5. The summed E-state index contributed by atoms with van der Waals surface area (Å²) in [5, 5.41) is 3.34. The minimum atomic E-state index is -2.31. The lowest BCUT2D eigenvalue weighted by molar-refractivity contribution is 0.00931. The molecule has 0 amide bonds. The Kier molecular flexibility index (Phi) is 6.55. The predicted molar refractivity (Wildman–Crippen MR) is 127 cm³/mol. The average molecular weight is 413 g/mol. The minimum Gasteiger partial charge on any atom is -0.361 e. The van der Waals surface area contributed by atoms with Crippen LogP contribution in [0, 0.1) is 10.8 Å². The lowest BCUT2D eigenvalue weighted by Crippen LogP contribution is -2.29. The van der Waals surface area contributed by atoms with Crippen molar-refractivity contribution in [2.75, 3.05) is 0 Å². The van der Waals surface area contributed by atoms with Crippen LogP contribution in [0.3, 0.4) is 0 Å². The van der Waals surface area contributed by atoms with E-state index in [4.69, 9.17) is 0 Å². The highest BCUT2D eigenvalue weighted by Gasteiger charge is 2.49. The van der Waals surface area contributed by atoms with Gasteiger partial charge in [0.2, 0.25) is 5.92 Å². The van der Waals surface area contributed by atoms with Gasteiger partial charge in [-0.05, 0) is 41.2 Å². The molecule has 0 radical (unpaired) electrons. The van der Waals surface area contributed by atoms with Crippen molar-refractivity contribution in [2.24, 2.45) is 10.8 Å². The van der Waals surface area contributed by atoms with Gasteiger partial charge in [-0.25, -0.2) is 8.78 Å². The van der Waals surface area contributed by atoms with Gasteiger partial charge < -0.3 is 5.32 Å². The van der Waals surface area contributed by atoms with E-state index in [1.165, 1.54) is 41.2 Å². The molecule has 1 atom stereocenters. The molecule has 1 saturated carbocycles. The van der Waals surface area contributed by atoms with Crippen molar-refractivity contribution in [3.05, 3.63) is 42.1 Å². The summed E-state index contributed by atoms with van der Waals surface area (Å²) in [4.78, 5) is 0. The van der Waals surface area contributed by atoms with E-state index < -0.39 is 5.92 Å². The molecule has 164 valence electrons. The molecule has 3 aliphatic rings. The third kappa shape index (κ3) is 4.53. The zero-order valence-electron chi connectivity index (χ0n) is 19.5. The van der Waals surface area contributed by atoms with Crippen LogP contribution in [0.2, 0.25) is 12.6 Å². The lowest BCUT2D eigenvalue weighted by atomic mass is 9.42. The maximum absolute atomic E-state index is 11.9. The van der Waals surface area contributed by atoms with E-state index in [0.717, 1.165) is 12.1 Å². The maximum atomic E-state index is 11.9. The van der Waals surface area contributed by atoms with Crippen LogP contribution >= 0.6 is 0 Å². The van der Waals surface area contributed by atoms with Crippen LogP contribution in [0.4, 0.5) is 8.78 Å². The summed E-state index contributed by atoms with van der Waals surface area (Å²) >= 11 is 0. The summed E-state index contributed by atoms with van der Waals surface area (Å²) in [5.41, 5.74) is 7.41. The molecule has 1 nitrogen and oxygen atoms in total. The Balaban J connectivity index is 0.000000310. The second kappa shape index (κ2) is 8.51. The van der Waals surface area contributed by atoms with Crippen molar-refractivity contribution >= 4 is 23.4 Å². The van der Waals surface area contributed by atoms with E-state index >= 15 is 0 Å². The minimum absolute atomic E-state index is 0.118. The van der Waals surface area contributed by atoms with Crippen molar-refractivity contribution < 1.29 is 8.78 Å². The zero-order chi connectivity index (χ0) is 22.2. The first kappa shape index (κ1) is 23.1. The van der Waals surface area contributed by atoms with Crippen LogP contribution in [0.5, 0.6) is 0 Å². The standard InChI is InChI=1S/C21H30BN.C5H8F2/c1-7-16-12-23-15(3)19-11-17(9-10-18(16)19)22-13-20(4,5)21(6,8-2)14-22;6-5(7)3-1-2-4-5/h9-12,23H,3,7-8,13-14H2,1-2,4-6H3;1-4H2. The number of fused-ring (bicyclic) bond motifs is 1. The van der Waals surface area contributed by atoms with Gasteiger partial charge in [0.25, 0.3) is 0 Å². The molecule has 0 aromatic heterocycles. The van der Waals surface area contributed by atoms with Crippen LogP contribution in [0.15, 0.2) is 31.0 Å². The van der Waals surface area contributed by atoms with Gasteiger partial charge >= 0.3 is 0 Å². The largest absolute Gasteiger partial charge is 0.361 e. The number of halogens is 2. The van der Waals surface area contributed by atoms with Crippen molar-refractivity contribution in [1.82, 2.24) is 5.32 Å². The first-order chi connectivity index (χ1) is 14.0. The van der Waals surface area contributed by atoms with Crippen molar-refractivity contribution in [1.29, 1.82) is 0 Å². The molecule has 2 fully saturated rings. The molecule has 4 heteroatoms. The van der Waals surface area contributed by atoms with E-state index in [-0.39, 0.29) is 12.8 Å². The van der Waals surface area contributed by atoms with Gasteiger partial charge in [0.15, 0.2) is 6.71 Å². The Hall–Kier alpha value is -1.58. The first-order valence-electron chi connectivity index (χ1n) is 11.7. The number of rotatable bonds is 3. The third-order valence-electron chi connectivity index (χ3n) is 8.19. The second-order valence-electron chi connectivity index (χ2n) is 10.4. The summed E-state index contributed by atoms with van der Waals surface area (Å²) in [7, 11) is 0. The molecule has 2 heterocycles. The summed E-state index contributed by atoms with van der Waals surface area (Å²) < 4.78 is 23.9. The highest BCUT2D eigenvalue weighted by Crippen LogP contribution is 2.55. The smallest absolute Gasteiger partial charge is 0.248 e. The molecule has 0 bridgehead atoms. The van der Waals surface area contributed by atoms with Crippen LogP contribution in [0.1, 0.15) is 84.3 Å². The average Bonchev–Trinajstić information content (AvgIpc) is 3.22. The molecular weight excluding hydrogens is 375 g/mol. The van der Waals surface area contributed by atoms with Gasteiger partial charge in [-0.1, -0.05) is 83.9 Å². The highest BCUT2D eigenvalue weighted by atomic mass is 19.3. The molecule has 0 spiro atoms. The monoisotopic (exact) mass is 413 g/mol. The van der Waals surface area contributed by atoms with Crippen LogP contribution in [-0.2, 0) is 0 Å². The van der Waals surface area contributed by atoms with Gasteiger partial charge in [0.05, 0.1) is 0 Å². The van der Waals surface area contributed by atoms with E-state index in [0.29, 0.717) is 30.4 Å². The van der Waals surface area contributed by atoms with Crippen LogP contribution < -0.4 is 10.8 Å². The Morgan fingerprint density at radius 2 is 1.70 bits per heavy atom. The topological polar surface area (TPSA) is 12.0 Å². The Morgan fingerprint density at radius 3 is 2.20 bits per heavy atom. The maximum Gasteiger partial charge on any atom is 0.248 e. The summed E-state index contributed by atoms with van der Waals surface area (Å²) in [6, 6.07) is 7.08. The third-order valence-corrected chi connectivity index (χ3v) is 8.19. The molecule has 1 N–H and O–H groups in total. The van der Waals surface area contributed by atoms with Gasteiger partial charge in [0.1, 0.15) is 0 Å². The van der Waals surface area contributed by atoms with E-state index in [9.17, 15) is 8.78 Å². The lowest BCUT2D eigenvalue weighted by Gasteiger charge is -2.38. The highest BCUT2D eigenvalue weighted by molar-refractivity contribution is 6.74. The van der Waals surface area contributed by atoms with Crippen molar-refractivity contribution in [3.63, 3.8) is 0 Å². The molecular formula is C26H38BF2N. The fourth-order valence-electron chi connectivity index (χ4n) is 5.47. The second-order valence-corrected chi connectivity index (χ2v) is 10.4. The number of nitrogens with one attached hydrogen (secondary N) is 1. The van der Waals surface area contributed by atoms with E-state index in [2.05, 4.69) is 70.9 Å². The number of hydrogen-bond acceptors (Lipinski definition) is 1. The summed E-state index contributed by atoms with van der Waals surface area (Å²) in [5.74, 6) is -2.31. The van der Waals surface area contributed by atoms with Crippen LogP contribution in [0.25, 0.3) is 11.3 Å². The Morgan fingerprint density at radius 1 is 1.03 bits per heavy atom. The molecule has 1 unspecified atom stereocenters. The van der Waals surface area contributed by atoms with Crippen LogP contribution in [-0.4, -0.2) is 12.6 Å². The SMILES string of the molecule is C=C1NC=C(CC)c2ccc(B3CC(C)(C)C(C)(CC)C3)cc21.FC1(F)CCCC1. The molecule has 30 heavy (non-hydrogen) atoms. The van der Waals surface area contributed by atoms with Gasteiger partial charge in [0, 0.05) is 30.3 Å². The van der Waals surface area contributed by atoms with E-state index in [1.807, 2.05) is 0 Å². The van der Waals surface area contributed by atoms with Gasteiger partial charge in [-0.3, -0.25) is 0 Å². The van der Waals surface area contributed by atoms with E-state index in [1.54, 1.807) is 0 Å². The Labute approximate surface area is 182 Å². The number of benzene rings is 1. The van der Waals surface area contributed by atoms with Crippen molar-refractivity contribution in [3.8, 4) is 0 Å². The predicted octanol–water partition coefficient (Wildman–Crippen LogP) is 7.37. The van der Waals surface area contributed by atoms with Gasteiger partial charge in [-0.2, -0.15) is 0 Å². The molecule has 1 aromatic rings. The molecule has 4 rings (SSSR count).